The van der Waals surface area contributed by atoms with Crippen LogP contribution in [0.3, 0.4) is 0 Å². The Bertz CT molecular complexity index is 2120. The Balaban J connectivity index is 1.19. The lowest BCUT2D eigenvalue weighted by atomic mass is 9.81. The minimum absolute atomic E-state index is 0.133. The van der Waals surface area contributed by atoms with Crippen LogP contribution in [0.5, 0.6) is 0 Å². The second-order valence-corrected chi connectivity index (χ2v) is 12.3. The van der Waals surface area contributed by atoms with Gasteiger partial charge in [0.15, 0.2) is 0 Å². The third-order valence-electron chi connectivity index (χ3n) is 9.25. The minimum Gasteiger partial charge on any atom is -0.310 e. The normalized spacial score (nSPS) is 13.0. The van der Waals surface area contributed by atoms with Gasteiger partial charge >= 0.3 is 0 Å². The molecule has 1 nitrogen and oxygen atoms in total. The Hall–Kier alpha value is -5.40. The molecule has 0 radical (unpaired) electrons. The Labute approximate surface area is 259 Å². The molecule has 0 bridgehead atoms. The van der Waals surface area contributed by atoms with E-state index in [1.807, 2.05) is 0 Å². The number of fused-ring (bicyclic) bond motifs is 4. The molecular formula is C43H33N. The molecule has 210 valence electrons. The van der Waals surface area contributed by atoms with Gasteiger partial charge in [-0.05, 0) is 97.7 Å². The Morgan fingerprint density at radius 2 is 0.864 bits per heavy atom. The smallest absolute Gasteiger partial charge is 0.0468 e. The van der Waals surface area contributed by atoms with Crippen LogP contribution in [0.2, 0.25) is 0 Å². The van der Waals surface area contributed by atoms with Crippen molar-refractivity contribution >= 4 is 27.8 Å². The highest BCUT2D eigenvalue weighted by Gasteiger charge is 2.36. The van der Waals surface area contributed by atoms with Gasteiger partial charge in [-0.2, -0.15) is 0 Å². The summed E-state index contributed by atoms with van der Waals surface area (Å²) < 4.78 is 0. The van der Waals surface area contributed by atoms with Crippen LogP contribution < -0.4 is 4.90 Å². The highest BCUT2D eigenvalue weighted by atomic mass is 15.1. The summed E-state index contributed by atoms with van der Waals surface area (Å²) in [6.07, 6.45) is 0. The van der Waals surface area contributed by atoms with E-state index in [1.165, 1.54) is 61.0 Å². The van der Waals surface area contributed by atoms with Crippen molar-refractivity contribution in [3.63, 3.8) is 0 Å². The van der Waals surface area contributed by atoms with E-state index in [0.29, 0.717) is 0 Å². The van der Waals surface area contributed by atoms with Crippen molar-refractivity contribution in [2.24, 2.45) is 0 Å². The van der Waals surface area contributed by atoms with E-state index < -0.39 is 0 Å². The van der Waals surface area contributed by atoms with Gasteiger partial charge in [-0.1, -0.05) is 135 Å². The molecule has 0 aliphatic heterocycles. The fourth-order valence-electron chi connectivity index (χ4n) is 6.87. The van der Waals surface area contributed by atoms with Gasteiger partial charge in [0.1, 0.15) is 0 Å². The maximum atomic E-state index is 2.41. The molecule has 7 aromatic rings. The lowest BCUT2D eigenvalue weighted by Crippen LogP contribution is -2.16. The lowest BCUT2D eigenvalue weighted by Gasteiger charge is -2.28. The molecule has 0 atom stereocenters. The molecule has 0 amide bonds. The van der Waals surface area contributed by atoms with E-state index in [4.69, 9.17) is 0 Å². The topological polar surface area (TPSA) is 3.24 Å². The van der Waals surface area contributed by atoms with E-state index in [0.717, 1.165) is 11.4 Å². The molecule has 0 saturated carbocycles. The van der Waals surface area contributed by atoms with E-state index >= 15 is 0 Å². The summed E-state index contributed by atoms with van der Waals surface area (Å²) in [5.74, 6) is 0. The maximum absolute atomic E-state index is 2.41. The van der Waals surface area contributed by atoms with Crippen molar-refractivity contribution < 1.29 is 0 Å². The molecule has 44 heavy (non-hydrogen) atoms. The highest BCUT2D eigenvalue weighted by Crippen LogP contribution is 2.51. The molecular weight excluding hydrogens is 530 g/mol. The third-order valence-corrected chi connectivity index (χ3v) is 9.25. The number of nitrogens with zero attached hydrogens (tertiary/aromatic N) is 1. The van der Waals surface area contributed by atoms with Crippen LogP contribution in [0.15, 0.2) is 164 Å². The van der Waals surface area contributed by atoms with Crippen LogP contribution in [-0.2, 0) is 5.41 Å². The van der Waals surface area contributed by atoms with E-state index in [9.17, 15) is 0 Å². The molecule has 0 heterocycles. The first kappa shape index (κ1) is 26.2. The van der Waals surface area contributed by atoms with E-state index in [2.05, 4.69) is 183 Å². The first-order chi connectivity index (χ1) is 21.6. The zero-order valence-electron chi connectivity index (χ0n) is 25.0. The fraction of sp³-hybridized carbons (Fsp3) is 0.0698. The third kappa shape index (κ3) is 4.41. The van der Waals surface area contributed by atoms with E-state index in [1.54, 1.807) is 0 Å². The minimum atomic E-state index is -0.133. The molecule has 0 unspecified atom stereocenters. The van der Waals surface area contributed by atoms with Crippen molar-refractivity contribution in [1.29, 1.82) is 0 Å². The van der Waals surface area contributed by atoms with Gasteiger partial charge in [-0.15, -0.1) is 0 Å². The zero-order chi connectivity index (χ0) is 29.7. The van der Waals surface area contributed by atoms with Crippen LogP contribution in [0.1, 0.15) is 25.0 Å². The van der Waals surface area contributed by atoms with E-state index in [-0.39, 0.29) is 5.41 Å². The maximum Gasteiger partial charge on any atom is 0.0468 e. The SMILES string of the molecule is CC1(C)c2cc(-c3ccc(-c4ccccc4)cc3)ccc2-c2ccc(N(c3ccccc3)c3ccc4ccccc4c3)cc21. The predicted octanol–water partition coefficient (Wildman–Crippen LogP) is 11.9. The number of rotatable bonds is 5. The molecule has 1 heteroatoms. The summed E-state index contributed by atoms with van der Waals surface area (Å²) in [7, 11) is 0. The summed E-state index contributed by atoms with van der Waals surface area (Å²) in [5.41, 5.74) is 13.7. The van der Waals surface area contributed by atoms with Crippen molar-refractivity contribution in [2.75, 3.05) is 4.90 Å². The second kappa shape index (κ2) is 10.4. The van der Waals surface area contributed by atoms with Crippen LogP contribution in [0, 0.1) is 0 Å². The fourth-order valence-corrected chi connectivity index (χ4v) is 6.87. The number of hydrogen-bond acceptors (Lipinski definition) is 1. The van der Waals surface area contributed by atoms with Crippen molar-refractivity contribution in [2.45, 2.75) is 19.3 Å². The lowest BCUT2D eigenvalue weighted by molar-refractivity contribution is 0.660. The molecule has 0 saturated heterocycles. The van der Waals surface area contributed by atoms with Gasteiger partial charge in [0.25, 0.3) is 0 Å². The highest BCUT2D eigenvalue weighted by molar-refractivity contribution is 5.91. The summed E-state index contributed by atoms with van der Waals surface area (Å²) in [6, 6.07) is 59.6. The van der Waals surface area contributed by atoms with Gasteiger partial charge in [-0.3, -0.25) is 0 Å². The molecule has 0 fully saturated rings. The van der Waals surface area contributed by atoms with Gasteiger partial charge < -0.3 is 4.90 Å². The van der Waals surface area contributed by atoms with Crippen LogP contribution >= 0.6 is 0 Å². The first-order valence-corrected chi connectivity index (χ1v) is 15.4. The van der Waals surface area contributed by atoms with Crippen LogP contribution in [0.25, 0.3) is 44.2 Å². The molecule has 8 rings (SSSR count). The average molecular weight is 564 g/mol. The Morgan fingerprint density at radius 1 is 0.364 bits per heavy atom. The van der Waals surface area contributed by atoms with Crippen molar-refractivity contribution in [3.8, 4) is 33.4 Å². The standard InChI is InChI=1S/C43H33N/c1-43(2)41-28-35(33-19-17-32(18-20-33)30-11-5-3-6-12-30)22-25-39(41)40-26-24-38(29-42(40)43)44(36-15-7-4-8-16-36)37-23-21-31-13-9-10-14-34(31)27-37/h3-29H,1-2H3. The zero-order valence-corrected chi connectivity index (χ0v) is 25.0. The summed E-state index contributed by atoms with van der Waals surface area (Å²) in [6.45, 7) is 4.74. The Morgan fingerprint density at radius 3 is 1.59 bits per heavy atom. The van der Waals surface area contributed by atoms with Gasteiger partial charge in [-0.25, -0.2) is 0 Å². The summed E-state index contributed by atoms with van der Waals surface area (Å²) in [5, 5.41) is 2.49. The largest absolute Gasteiger partial charge is 0.310 e. The summed E-state index contributed by atoms with van der Waals surface area (Å²) >= 11 is 0. The molecule has 0 N–H and O–H groups in total. The molecule has 1 aliphatic rings. The number of hydrogen-bond donors (Lipinski definition) is 0. The molecule has 0 spiro atoms. The molecule has 1 aliphatic carbocycles. The number of benzene rings is 7. The predicted molar refractivity (Wildman–Crippen MR) is 187 cm³/mol. The number of para-hydroxylation sites is 1. The van der Waals surface area contributed by atoms with Crippen molar-refractivity contribution in [3.05, 3.63) is 175 Å². The molecule has 0 aromatic heterocycles. The van der Waals surface area contributed by atoms with Gasteiger partial charge in [0.05, 0.1) is 0 Å². The Kier molecular flexibility index (Phi) is 6.20. The van der Waals surface area contributed by atoms with Gasteiger partial charge in [0.2, 0.25) is 0 Å². The van der Waals surface area contributed by atoms with Crippen LogP contribution in [0.4, 0.5) is 17.1 Å². The summed E-state index contributed by atoms with van der Waals surface area (Å²) in [4.78, 5) is 2.38. The van der Waals surface area contributed by atoms with Gasteiger partial charge in [0, 0.05) is 22.5 Å². The average Bonchev–Trinajstić information content (AvgIpc) is 3.31. The van der Waals surface area contributed by atoms with Crippen LogP contribution in [-0.4, -0.2) is 0 Å². The van der Waals surface area contributed by atoms with Crippen molar-refractivity contribution in [1.82, 2.24) is 0 Å². The number of anilines is 3. The quantitative estimate of drug-likeness (QED) is 0.201. The first-order valence-electron chi connectivity index (χ1n) is 15.4. The monoisotopic (exact) mass is 563 g/mol. The molecule has 7 aromatic carbocycles. The second-order valence-electron chi connectivity index (χ2n) is 12.3.